The molecule has 0 aliphatic rings. The van der Waals surface area contributed by atoms with Crippen LogP contribution in [0, 0.1) is 0 Å². The van der Waals surface area contributed by atoms with Crippen LogP contribution in [0.3, 0.4) is 0 Å². The first-order chi connectivity index (χ1) is 8.83. The van der Waals surface area contributed by atoms with E-state index in [4.69, 9.17) is 0 Å². The smallest absolute Gasteiger partial charge is 0.271 e. The number of fused-ring (bicyclic) bond motifs is 1. The third-order valence-corrected chi connectivity index (χ3v) is 3.84. The number of carbonyl (C=O) groups is 1. The van der Waals surface area contributed by atoms with Crippen LogP contribution in [0.4, 0.5) is 0 Å². The fraction of sp³-hybridized carbons (Fsp3) is 0.417. The highest BCUT2D eigenvalue weighted by Crippen LogP contribution is 2.10. The molecule has 0 aromatic carbocycles. The summed E-state index contributed by atoms with van der Waals surface area (Å²) in [5.41, 5.74) is -1.27. The Labute approximate surface area is 113 Å². The van der Waals surface area contributed by atoms with Gasteiger partial charge in [0, 0.05) is 17.8 Å². The van der Waals surface area contributed by atoms with Crippen LogP contribution in [0.15, 0.2) is 22.6 Å². The Bertz CT molecular complexity index is 672. The van der Waals surface area contributed by atoms with E-state index in [1.807, 2.05) is 0 Å². The van der Waals surface area contributed by atoms with Crippen molar-refractivity contribution in [2.75, 3.05) is 0 Å². The summed E-state index contributed by atoms with van der Waals surface area (Å²) in [5, 5.41) is 13.9. The summed E-state index contributed by atoms with van der Waals surface area (Å²) >= 11 is 1.32. The van der Waals surface area contributed by atoms with Gasteiger partial charge >= 0.3 is 0 Å². The summed E-state index contributed by atoms with van der Waals surface area (Å²) in [5.74, 6) is -0.538. The molecular formula is C12H15N3O3S. The number of aliphatic hydroxyl groups excluding tert-OH is 1. The predicted octanol–water partition coefficient (Wildman–Crippen LogP) is 0.645. The van der Waals surface area contributed by atoms with E-state index in [2.05, 4.69) is 10.3 Å². The molecule has 1 unspecified atom stereocenters. The molecule has 2 heterocycles. The molecule has 7 heteroatoms. The van der Waals surface area contributed by atoms with Crippen molar-refractivity contribution < 1.29 is 9.90 Å². The van der Waals surface area contributed by atoms with Crippen molar-refractivity contribution in [3.05, 3.63) is 33.7 Å². The second kappa shape index (κ2) is 4.75. The summed E-state index contributed by atoms with van der Waals surface area (Å²) < 4.78 is 1.33. The third kappa shape index (κ3) is 2.52. The molecule has 0 saturated heterocycles. The summed E-state index contributed by atoms with van der Waals surface area (Å²) in [6.45, 7) is 4.95. The zero-order valence-corrected chi connectivity index (χ0v) is 11.7. The van der Waals surface area contributed by atoms with Crippen LogP contribution in [0.2, 0.25) is 0 Å². The normalized spacial score (nSPS) is 13.5. The lowest BCUT2D eigenvalue weighted by atomic mass is 9.98. The second-order valence-electron chi connectivity index (χ2n) is 4.88. The lowest BCUT2D eigenvalue weighted by Gasteiger charge is -2.29. The van der Waals surface area contributed by atoms with Crippen LogP contribution < -0.4 is 10.9 Å². The average molecular weight is 281 g/mol. The average Bonchev–Trinajstić information content (AvgIpc) is 2.77. The molecule has 0 radical (unpaired) electrons. The van der Waals surface area contributed by atoms with Gasteiger partial charge in [0.2, 0.25) is 0 Å². The Balaban J connectivity index is 2.37. The van der Waals surface area contributed by atoms with Gasteiger partial charge in [-0.3, -0.25) is 14.0 Å². The number of thiazole rings is 1. The molecule has 2 aromatic heterocycles. The fourth-order valence-corrected chi connectivity index (χ4v) is 2.12. The van der Waals surface area contributed by atoms with E-state index >= 15 is 0 Å². The molecule has 2 aromatic rings. The number of nitrogens with zero attached hydrogens (tertiary/aromatic N) is 2. The summed E-state index contributed by atoms with van der Waals surface area (Å²) in [6, 6.07) is 0. The lowest BCUT2D eigenvalue weighted by Crippen LogP contribution is -2.52. The minimum atomic E-state index is -0.822. The van der Waals surface area contributed by atoms with Gasteiger partial charge in [0.15, 0.2) is 4.96 Å². The third-order valence-electron chi connectivity index (χ3n) is 3.07. The minimum absolute atomic E-state index is 0.0374. The summed E-state index contributed by atoms with van der Waals surface area (Å²) in [7, 11) is 0. The van der Waals surface area contributed by atoms with E-state index in [0.717, 1.165) is 0 Å². The van der Waals surface area contributed by atoms with Crippen LogP contribution in [0.5, 0.6) is 0 Å². The number of hydrogen-bond acceptors (Lipinski definition) is 5. The van der Waals surface area contributed by atoms with Crippen molar-refractivity contribution in [1.82, 2.24) is 14.7 Å². The molecule has 1 amide bonds. The number of rotatable bonds is 3. The Morgan fingerprint density at radius 3 is 2.89 bits per heavy atom. The Morgan fingerprint density at radius 1 is 1.58 bits per heavy atom. The maximum Gasteiger partial charge on any atom is 0.271 e. The number of carbonyl (C=O) groups excluding carboxylic acids is 1. The molecule has 19 heavy (non-hydrogen) atoms. The van der Waals surface area contributed by atoms with Gasteiger partial charge in [0.1, 0.15) is 5.56 Å². The first kappa shape index (κ1) is 13.7. The van der Waals surface area contributed by atoms with Gasteiger partial charge < -0.3 is 10.4 Å². The second-order valence-corrected chi connectivity index (χ2v) is 5.76. The molecule has 0 saturated carbocycles. The highest BCUT2D eigenvalue weighted by Gasteiger charge is 2.27. The van der Waals surface area contributed by atoms with Crippen molar-refractivity contribution in [1.29, 1.82) is 0 Å². The molecule has 6 nitrogen and oxygen atoms in total. The molecule has 102 valence electrons. The van der Waals surface area contributed by atoms with Crippen molar-refractivity contribution in [3.63, 3.8) is 0 Å². The quantitative estimate of drug-likeness (QED) is 0.865. The lowest BCUT2D eigenvalue weighted by molar-refractivity contribution is 0.0708. The van der Waals surface area contributed by atoms with E-state index < -0.39 is 23.1 Å². The topological polar surface area (TPSA) is 83.7 Å². The summed E-state index contributed by atoms with van der Waals surface area (Å²) in [4.78, 5) is 28.8. The fourth-order valence-electron chi connectivity index (χ4n) is 1.44. The van der Waals surface area contributed by atoms with E-state index in [1.54, 1.807) is 32.3 Å². The minimum Gasteiger partial charge on any atom is -0.391 e. The molecule has 0 aliphatic carbocycles. The van der Waals surface area contributed by atoms with Gasteiger partial charge in [-0.05, 0) is 20.8 Å². The molecular weight excluding hydrogens is 266 g/mol. The van der Waals surface area contributed by atoms with E-state index in [1.165, 1.54) is 21.9 Å². The zero-order chi connectivity index (χ0) is 14.2. The zero-order valence-electron chi connectivity index (χ0n) is 10.9. The van der Waals surface area contributed by atoms with Gasteiger partial charge in [-0.1, -0.05) is 0 Å². The molecule has 2 N–H and O–H groups in total. The Hall–Kier alpha value is -1.73. The highest BCUT2D eigenvalue weighted by atomic mass is 32.1. The monoisotopic (exact) mass is 281 g/mol. The largest absolute Gasteiger partial charge is 0.391 e. The molecule has 2 rings (SSSR count). The first-order valence-corrected chi connectivity index (χ1v) is 6.66. The van der Waals surface area contributed by atoms with E-state index in [9.17, 15) is 14.7 Å². The van der Waals surface area contributed by atoms with Crippen molar-refractivity contribution >= 4 is 22.2 Å². The SMILES string of the molecule is CC(O)C(C)(C)NC(=O)c1cnc2sccn2c1=O. The number of aromatic nitrogens is 2. The van der Waals surface area contributed by atoms with E-state index in [-0.39, 0.29) is 5.56 Å². The molecule has 0 aliphatic heterocycles. The standard InChI is InChI=1S/C12H15N3O3S/c1-7(16)12(2,3)14-9(17)8-6-13-11-15(10(8)18)4-5-19-11/h4-7,16H,1-3H3,(H,14,17). The van der Waals surface area contributed by atoms with Crippen LogP contribution in [-0.2, 0) is 0 Å². The maximum absolute atomic E-state index is 12.1. The molecule has 0 bridgehead atoms. The summed E-state index contributed by atoms with van der Waals surface area (Å²) in [6.07, 6.45) is 2.10. The van der Waals surface area contributed by atoms with Gasteiger partial charge in [0.25, 0.3) is 11.5 Å². The number of aliphatic hydroxyl groups is 1. The molecule has 0 fully saturated rings. The molecule has 0 spiro atoms. The van der Waals surface area contributed by atoms with Crippen LogP contribution in [-0.4, -0.2) is 32.0 Å². The molecule has 1 atom stereocenters. The van der Waals surface area contributed by atoms with Crippen molar-refractivity contribution in [2.24, 2.45) is 0 Å². The predicted molar refractivity (Wildman–Crippen MR) is 72.6 cm³/mol. The number of nitrogens with one attached hydrogen (secondary N) is 1. The van der Waals surface area contributed by atoms with Gasteiger partial charge in [-0.2, -0.15) is 0 Å². The van der Waals surface area contributed by atoms with Crippen molar-refractivity contribution in [2.45, 2.75) is 32.4 Å². The number of hydrogen-bond donors (Lipinski definition) is 2. The number of amides is 1. The Morgan fingerprint density at radius 2 is 2.26 bits per heavy atom. The Kier molecular flexibility index (Phi) is 3.42. The van der Waals surface area contributed by atoms with Crippen LogP contribution in [0.1, 0.15) is 31.1 Å². The van der Waals surface area contributed by atoms with Gasteiger partial charge in [0.05, 0.1) is 11.6 Å². The van der Waals surface area contributed by atoms with Gasteiger partial charge in [-0.25, -0.2) is 4.98 Å². The van der Waals surface area contributed by atoms with Crippen LogP contribution >= 0.6 is 11.3 Å². The van der Waals surface area contributed by atoms with Crippen LogP contribution in [0.25, 0.3) is 4.96 Å². The highest BCUT2D eigenvalue weighted by molar-refractivity contribution is 7.15. The van der Waals surface area contributed by atoms with Crippen molar-refractivity contribution in [3.8, 4) is 0 Å². The maximum atomic E-state index is 12.1. The first-order valence-electron chi connectivity index (χ1n) is 5.78. The van der Waals surface area contributed by atoms with Gasteiger partial charge in [-0.15, -0.1) is 11.3 Å². The van der Waals surface area contributed by atoms with E-state index in [0.29, 0.717) is 4.96 Å².